The number of hydrogen-bond donors (Lipinski definition) is 1. The average molecular weight is 379 g/mol. The molecule has 0 aliphatic carbocycles. The third-order valence-corrected chi connectivity index (χ3v) is 4.51. The molecule has 134 valence electrons. The van der Waals surface area contributed by atoms with Crippen LogP contribution in [0, 0.1) is 6.92 Å². The summed E-state index contributed by atoms with van der Waals surface area (Å²) in [6.45, 7) is 1.61. The standard InChI is InChI=1S/C20H15ClN4O2/c1-12-15-6-2-3-7-16(15)20(27)25(24-12)11-18(26)23-17-10-14(21)9-13-5-4-8-22-19(13)17/h2-10H,11H2,1H3,(H,23,26). The molecule has 0 saturated carbocycles. The van der Waals surface area contributed by atoms with Crippen molar-refractivity contribution >= 4 is 44.9 Å². The summed E-state index contributed by atoms with van der Waals surface area (Å²) in [7, 11) is 0. The van der Waals surface area contributed by atoms with Gasteiger partial charge in [0.25, 0.3) is 5.56 Å². The molecular formula is C20H15ClN4O2. The molecule has 0 bridgehead atoms. The van der Waals surface area contributed by atoms with E-state index in [1.54, 1.807) is 36.5 Å². The number of carbonyl (C=O) groups excluding carboxylic acids is 1. The Bertz CT molecular complexity index is 1250. The highest BCUT2D eigenvalue weighted by molar-refractivity contribution is 6.32. The minimum atomic E-state index is -0.381. The zero-order valence-corrected chi connectivity index (χ0v) is 15.2. The molecule has 7 heteroatoms. The zero-order valence-electron chi connectivity index (χ0n) is 14.4. The van der Waals surface area contributed by atoms with Crippen LogP contribution < -0.4 is 10.9 Å². The zero-order chi connectivity index (χ0) is 19.0. The van der Waals surface area contributed by atoms with Crippen molar-refractivity contribution in [1.29, 1.82) is 0 Å². The summed E-state index contributed by atoms with van der Waals surface area (Å²) in [5.74, 6) is -0.381. The summed E-state index contributed by atoms with van der Waals surface area (Å²) >= 11 is 6.13. The van der Waals surface area contributed by atoms with Crippen LogP contribution in [0.15, 0.2) is 59.5 Å². The van der Waals surface area contributed by atoms with Crippen LogP contribution in [0.1, 0.15) is 5.69 Å². The molecule has 0 spiro atoms. The number of carbonyl (C=O) groups is 1. The van der Waals surface area contributed by atoms with Gasteiger partial charge in [-0.05, 0) is 31.2 Å². The van der Waals surface area contributed by atoms with Crippen LogP contribution in [0.25, 0.3) is 21.7 Å². The molecule has 27 heavy (non-hydrogen) atoms. The molecule has 0 aliphatic rings. The Morgan fingerprint density at radius 1 is 1.15 bits per heavy atom. The van der Waals surface area contributed by atoms with Gasteiger partial charge in [0.15, 0.2) is 0 Å². The van der Waals surface area contributed by atoms with Crippen LogP contribution in [-0.2, 0) is 11.3 Å². The number of pyridine rings is 1. The van der Waals surface area contributed by atoms with Gasteiger partial charge in [-0.2, -0.15) is 5.10 Å². The lowest BCUT2D eigenvalue weighted by atomic mass is 10.1. The van der Waals surface area contributed by atoms with Crippen LogP contribution >= 0.6 is 11.6 Å². The molecule has 2 aromatic carbocycles. The van der Waals surface area contributed by atoms with Crippen LogP contribution in [0.4, 0.5) is 5.69 Å². The molecule has 1 amide bonds. The molecule has 2 heterocycles. The SMILES string of the molecule is Cc1nn(CC(=O)Nc2cc(Cl)cc3cccnc23)c(=O)c2ccccc12. The van der Waals surface area contributed by atoms with E-state index in [4.69, 9.17) is 11.6 Å². The number of aryl methyl sites for hydroxylation is 1. The highest BCUT2D eigenvalue weighted by Crippen LogP contribution is 2.26. The lowest BCUT2D eigenvalue weighted by molar-refractivity contribution is -0.117. The second-order valence-corrected chi connectivity index (χ2v) is 6.61. The smallest absolute Gasteiger partial charge is 0.275 e. The fourth-order valence-corrected chi connectivity index (χ4v) is 3.32. The summed E-state index contributed by atoms with van der Waals surface area (Å²) in [5, 5.41) is 9.67. The predicted molar refractivity (Wildman–Crippen MR) is 106 cm³/mol. The first-order valence-corrected chi connectivity index (χ1v) is 8.71. The van der Waals surface area contributed by atoms with Crippen LogP contribution in [0.3, 0.4) is 0 Å². The van der Waals surface area contributed by atoms with Crippen molar-refractivity contribution in [2.75, 3.05) is 5.32 Å². The maximum Gasteiger partial charge on any atom is 0.275 e. The molecule has 6 nitrogen and oxygen atoms in total. The fourth-order valence-electron chi connectivity index (χ4n) is 3.09. The van der Waals surface area contributed by atoms with E-state index >= 15 is 0 Å². The summed E-state index contributed by atoms with van der Waals surface area (Å²) in [5.41, 5.74) is 1.51. The summed E-state index contributed by atoms with van der Waals surface area (Å²) in [6, 6.07) is 14.3. The summed E-state index contributed by atoms with van der Waals surface area (Å²) in [4.78, 5) is 29.5. The first kappa shape index (κ1) is 17.2. The van der Waals surface area contributed by atoms with E-state index in [0.717, 1.165) is 10.8 Å². The van der Waals surface area contributed by atoms with Crippen molar-refractivity contribution in [1.82, 2.24) is 14.8 Å². The van der Waals surface area contributed by atoms with E-state index < -0.39 is 0 Å². The van der Waals surface area contributed by atoms with Gasteiger partial charge in [0, 0.05) is 22.0 Å². The van der Waals surface area contributed by atoms with E-state index in [1.807, 2.05) is 25.1 Å². The van der Waals surface area contributed by atoms with E-state index in [0.29, 0.717) is 27.3 Å². The molecule has 2 aromatic heterocycles. The Kier molecular flexibility index (Phi) is 4.33. The molecule has 0 aliphatic heterocycles. The van der Waals surface area contributed by atoms with Crippen molar-refractivity contribution in [3.05, 3.63) is 75.8 Å². The molecule has 4 aromatic rings. The topological polar surface area (TPSA) is 76.9 Å². The largest absolute Gasteiger partial charge is 0.323 e. The van der Waals surface area contributed by atoms with Gasteiger partial charge < -0.3 is 5.32 Å². The number of benzene rings is 2. The minimum Gasteiger partial charge on any atom is -0.323 e. The number of nitrogens with zero attached hydrogens (tertiary/aromatic N) is 3. The van der Waals surface area contributed by atoms with Gasteiger partial charge in [0.05, 0.1) is 22.3 Å². The maximum atomic E-state index is 12.6. The number of hydrogen-bond acceptors (Lipinski definition) is 4. The second kappa shape index (κ2) is 6.81. The molecule has 0 saturated heterocycles. The third kappa shape index (κ3) is 3.27. The first-order valence-electron chi connectivity index (χ1n) is 8.33. The maximum absolute atomic E-state index is 12.6. The van der Waals surface area contributed by atoms with E-state index in [1.165, 1.54) is 4.68 Å². The number of nitrogens with one attached hydrogen (secondary N) is 1. The Morgan fingerprint density at radius 3 is 2.74 bits per heavy atom. The van der Waals surface area contributed by atoms with Crippen LogP contribution in [0.2, 0.25) is 5.02 Å². The molecule has 0 radical (unpaired) electrons. The predicted octanol–water partition coefficient (Wildman–Crippen LogP) is 3.55. The lowest BCUT2D eigenvalue weighted by Gasteiger charge is -2.11. The lowest BCUT2D eigenvalue weighted by Crippen LogP contribution is -2.30. The monoisotopic (exact) mass is 378 g/mol. The number of anilines is 1. The van der Waals surface area contributed by atoms with Gasteiger partial charge in [-0.15, -0.1) is 0 Å². The van der Waals surface area contributed by atoms with E-state index in [9.17, 15) is 9.59 Å². The highest BCUT2D eigenvalue weighted by Gasteiger charge is 2.13. The first-order chi connectivity index (χ1) is 13.0. The molecule has 1 N–H and O–H groups in total. The van der Waals surface area contributed by atoms with Gasteiger partial charge in [-0.1, -0.05) is 35.9 Å². The third-order valence-electron chi connectivity index (χ3n) is 4.29. The van der Waals surface area contributed by atoms with Gasteiger partial charge in [0.1, 0.15) is 6.54 Å². The summed E-state index contributed by atoms with van der Waals surface area (Å²) < 4.78 is 1.17. The minimum absolute atomic E-state index is 0.203. The van der Waals surface area contributed by atoms with Gasteiger partial charge in [-0.3, -0.25) is 14.6 Å². The molecule has 0 unspecified atom stereocenters. The number of halogens is 1. The Labute approximate surface area is 159 Å². The normalized spacial score (nSPS) is 11.0. The van der Waals surface area contributed by atoms with E-state index in [2.05, 4.69) is 15.4 Å². The Morgan fingerprint density at radius 2 is 1.93 bits per heavy atom. The Balaban J connectivity index is 1.67. The quantitative estimate of drug-likeness (QED) is 0.591. The summed E-state index contributed by atoms with van der Waals surface area (Å²) in [6.07, 6.45) is 1.64. The molecule has 4 rings (SSSR count). The highest BCUT2D eigenvalue weighted by atomic mass is 35.5. The molecular weight excluding hydrogens is 364 g/mol. The average Bonchev–Trinajstić information content (AvgIpc) is 2.66. The van der Waals surface area contributed by atoms with Gasteiger partial charge in [0.2, 0.25) is 5.91 Å². The molecule has 0 atom stereocenters. The van der Waals surface area contributed by atoms with Gasteiger partial charge in [-0.25, -0.2) is 4.68 Å². The number of amides is 1. The van der Waals surface area contributed by atoms with Crippen molar-refractivity contribution in [3.63, 3.8) is 0 Å². The fraction of sp³-hybridized carbons (Fsp3) is 0.100. The van der Waals surface area contributed by atoms with Crippen LogP contribution in [0.5, 0.6) is 0 Å². The van der Waals surface area contributed by atoms with Crippen molar-refractivity contribution in [2.45, 2.75) is 13.5 Å². The van der Waals surface area contributed by atoms with Gasteiger partial charge >= 0.3 is 0 Å². The van der Waals surface area contributed by atoms with Crippen molar-refractivity contribution < 1.29 is 4.79 Å². The number of fused-ring (bicyclic) bond motifs is 2. The van der Waals surface area contributed by atoms with E-state index in [-0.39, 0.29) is 18.0 Å². The molecule has 0 fully saturated rings. The number of aromatic nitrogens is 3. The van der Waals surface area contributed by atoms with Crippen molar-refractivity contribution in [2.24, 2.45) is 0 Å². The second-order valence-electron chi connectivity index (χ2n) is 6.17. The van der Waals surface area contributed by atoms with Crippen molar-refractivity contribution in [3.8, 4) is 0 Å². The van der Waals surface area contributed by atoms with Crippen LogP contribution in [-0.4, -0.2) is 20.7 Å². The number of rotatable bonds is 3. The Hall–Kier alpha value is -3.25.